The molecular formula is C21H27N. The van der Waals surface area contributed by atoms with Gasteiger partial charge in [-0.3, -0.25) is 0 Å². The molecule has 116 valence electrons. The van der Waals surface area contributed by atoms with Crippen LogP contribution in [0.25, 0.3) is 11.1 Å². The van der Waals surface area contributed by atoms with Gasteiger partial charge >= 0.3 is 0 Å². The first-order valence-corrected chi connectivity index (χ1v) is 7.90. The van der Waals surface area contributed by atoms with Crippen LogP contribution >= 0.6 is 0 Å². The van der Waals surface area contributed by atoms with Crippen molar-refractivity contribution < 1.29 is 0 Å². The summed E-state index contributed by atoms with van der Waals surface area (Å²) in [6, 6.07) is 17.2. The summed E-state index contributed by atoms with van der Waals surface area (Å²) >= 11 is 0. The summed E-state index contributed by atoms with van der Waals surface area (Å²) in [4.78, 5) is 0. The van der Waals surface area contributed by atoms with Gasteiger partial charge in [-0.1, -0.05) is 86.5 Å². The lowest BCUT2D eigenvalue weighted by molar-refractivity contribution is 1.09. The molecule has 2 aromatic rings. The zero-order valence-electron chi connectivity index (χ0n) is 13.9. The molecule has 1 heteroatoms. The van der Waals surface area contributed by atoms with Crippen LogP contribution < -0.4 is 5.73 Å². The van der Waals surface area contributed by atoms with Gasteiger partial charge in [0.2, 0.25) is 0 Å². The van der Waals surface area contributed by atoms with Crippen LogP contribution in [0.1, 0.15) is 31.4 Å². The molecule has 0 spiro atoms. The molecule has 0 radical (unpaired) electrons. The number of hydrogen-bond donors (Lipinski definition) is 1. The molecule has 0 saturated carbocycles. The van der Waals surface area contributed by atoms with E-state index in [0.29, 0.717) is 0 Å². The molecule has 0 heterocycles. The monoisotopic (exact) mass is 293 g/mol. The summed E-state index contributed by atoms with van der Waals surface area (Å²) in [7, 11) is 0. The van der Waals surface area contributed by atoms with E-state index in [1.807, 2.05) is 12.2 Å². The molecule has 0 amide bonds. The Morgan fingerprint density at radius 2 is 1.55 bits per heavy atom. The quantitative estimate of drug-likeness (QED) is 0.724. The molecule has 0 saturated heterocycles. The minimum atomic E-state index is 0.921. The fourth-order valence-corrected chi connectivity index (χ4v) is 2.05. The van der Waals surface area contributed by atoms with Crippen molar-refractivity contribution in [2.45, 2.75) is 33.6 Å². The number of nitrogens with two attached hydrogens (primary N) is 1. The number of hydrogen-bond acceptors (Lipinski definition) is 1. The molecule has 0 unspecified atom stereocenters. The van der Waals surface area contributed by atoms with Gasteiger partial charge in [-0.15, -0.1) is 0 Å². The summed E-state index contributed by atoms with van der Waals surface area (Å²) < 4.78 is 0. The van der Waals surface area contributed by atoms with Crippen molar-refractivity contribution in [3.05, 3.63) is 84.1 Å². The Bertz CT molecular complexity index is 609. The first-order chi connectivity index (χ1) is 10.7. The highest BCUT2D eigenvalue weighted by Gasteiger charge is 1.98. The smallest absolute Gasteiger partial charge is 0.00625 e. The molecule has 0 aliphatic rings. The zero-order valence-corrected chi connectivity index (χ0v) is 13.9. The molecule has 0 bridgehead atoms. The second-order valence-electron chi connectivity index (χ2n) is 5.29. The highest BCUT2D eigenvalue weighted by Crippen LogP contribution is 2.21. The maximum absolute atomic E-state index is 5.29. The van der Waals surface area contributed by atoms with Gasteiger partial charge in [0.1, 0.15) is 0 Å². The fourth-order valence-electron chi connectivity index (χ4n) is 2.05. The third kappa shape index (κ3) is 6.45. The van der Waals surface area contributed by atoms with E-state index in [1.165, 1.54) is 28.7 Å². The van der Waals surface area contributed by atoms with Gasteiger partial charge in [0.15, 0.2) is 0 Å². The van der Waals surface area contributed by atoms with E-state index in [0.717, 1.165) is 6.42 Å². The summed E-state index contributed by atoms with van der Waals surface area (Å²) in [5.74, 6) is 0. The van der Waals surface area contributed by atoms with Gasteiger partial charge in [-0.25, -0.2) is 0 Å². The van der Waals surface area contributed by atoms with Crippen LogP contribution in [0.2, 0.25) is 0 Å². The van der Waals surface area contributed by atoms with Crippen molar-refractivity contribution in [2.75, 3.05) is 0 Å². The second kappa shape index (κ2) is 10.4. The second-order valence-corrected chi connectivity index (χ2v) is 5.29. The van der Waals surface area contributed by atoms with Crippen molar-refractivity contribution in [1.29, 1.82) is 0 Å². The van der Waals surface area contributed by atoms with Crippen LogP contribution in [0.15, 0.2) is 73.0 Å². The maximum atomic E-state index is 5.29. The lowest BCUT2D eigenvalue weighted by Gasteiger charge is -2.05. The number of rotatable bonds is 4. The average Bonchev–Trinajstić information content (AvgIpc) is 2.53. The van der Waals surface area contributed by atoms with Crippen molar-refractivity contribution in [3.8, 4) is 11.1 Å². The zero-order chi connectivity index (χ0) is 16.2. The van der Waals surface area contributed by atoms with Crippen molar-refractivity contribution in [1.82, 2.24) is 0 Å². The third-order valence-electron chi connectivity index (χ3n) is 2.99. The van der Waals surface area contributed by atoms with Crippen LogP contribution in [-0.2, 0) is 6.42 Å². The van der Waals surface area contributed by atoms with E-state index >= 15 is 0 Å². The van der Waals surface area contributed by atoms with E-state index < -0.39 is 0 Å². The first kappa shape index (κ1) is 17.8. The van der Waals surface area contributed by atoms with Gasteiger partial charge in [0.05, 0.1) is 0 Å². The highest BCUT2D eigenvalue weighted by atomic mass is 14.5. The molecule has 0 aromatic heterocycles. The molecule has 2 rings (SSSR count). The Labute approximate surface area is 135 Å². The van der Waals surface area contributed by atoms with Crippen molar-refractivity contribution in [2.24, 2.45) is 5.73 Å². The topological polar surface area (TPSA) is 26.0 Å². The van der Waals surface area contributed by atoms with Gasteiger partial charge in [0, 0.05) is 0 Å². The predicted octanol–water partition coefficient (Wildman–Crippen LogP) is 5.65. The van der Waals surface area contributed by atoms with E-state index in [2.05, 4.69) is 75.4 Å². The minimum Gasteiger partial charge on any atom is -0.405 e. The van der Waals surface area contributed by atoms with Crippen LogP contribution in [0, 0.1) is 6.92 Å². The van der Waals surface area contributed by atoms with Crippen LogP contribution in [0.5, 0.6) is 0 Å². The van der Waals surface area contributed by atoms with E-state index in [-0.39, 0.29) is 0 Å². The molecule has 1 nitrogen and oxygen atoms in total. The Kier molecular flexibility index (Phi) is 8.44. The maximum Gasteiger partial charge on any atom is -0.00625 e. The summed E-state index contributed by atoms with van der Waals surface area (Å²) in [6.45, 7) is 6.37. The Morgan fingerprint density at radius 1 is 0.909 bits per heavy atom. The number of allylic oxidation sites excluding steroid dienone is 3. The number of benzene rings is 2. The van der Waals surface area contributed by atoms with Gasteiger partial charge in [-0.05, 0) is 42.3 Å². The molecule has 0 aliphatic heterocycles. The average molecular weight is 293 g/mol. The van der Waals surface area contributed by atoms with Crippen LogP contribution in [0.3, 0.4) is 0 Å². The Hall–Kier alpha value is -2.28. The predicted molar refractivity (Wildman–Crippen MR) is 98.8 cm³/mol. The normalized spacial score (nSPS) is 10.7. The minimum absolute atomic E-state index is 0.921. The van der Waals surface area contributed by atoms with Gasteiger partial charge in [-0.2, -0.15) is 0 Å². The highest BCUT2D eigenvalue weighted by molar-refractivity contribution is 5.64. The summed E-state index contributed by atoms with van der Waals surface area (Å²) in [5, 5.41) is 0. The summed E-state index contributed by atoms with van der Waals surface area (Å²) in [6.07, 6.45) is 9.63. The molecule has 2 N–H and O–H groups in total. The van der Waals surface area contributed by atoms with Crippen LogP contribution in [0.4, 0.5) is 0 Å². The number of aryl methyl sites for hydroxylation is 1. The van der Waals surface area contributed by atoms with Gasteiger partial charge in [0.25, 0.3) is 0 Å². The molecule has 0 fully saturated rings. The molecule has 22 heavy (non-hydrogen) atoms. The third-order valence-corrected chi connectivity index (χ3v) is 2.99. The largest absolute Gasteiger partial charge is 0.405 e. The SMILES string of the molecule is CCC.Cc1cccc(-c2cccc(C/C=C\C=C/N)c2)c1. The fraction of sp³-hybridized carbons (Fsp3) is 0.238. The van der Waals surface area contributed by atoms with Gasteiger partial charge < -0.3 is 5.73 Å². The van der Waals surface area contributed by atoms with Crippen molar-refractivity contribution in [3.63, 3.8) is 0 Å². The first-order valence-electron chi connectivity index (χ1n) is 7.90. The standard InChI is InChI=1S/C18H19N.C3H8/c1-15-7-5-10-17(13-15)18-11-6-9-16(14-18)8-3-2-4-12-19;1-3-2/h2-7,9-14H,8,19H2,1H3;3H2,1-2H3/b3-2-,12-4-;. The van der Waals surface area contributed by atoms with Crippen molar-refractivity contribution >= 4 is 0 Å². The Balaban J connectivity index is 0.000000745. The Morgan fingerprint density at radius 3 is 2.18 bits per heavy atom. The van der Waals surface area contributed by atoms with E-state index in [4.69, 9.17) is 5.73 Å². The molecule has 0 aliphatic carbocycles. The molecule has 0 atom stereocenters. The lowest BCUT2D eigenvalue weighted by Crippen LogP contribution is -1.84. The van der Waals surface area contributed by atoms with E-state index in [9.17, 15) is 0 Å². The molecular weight excluding hydrogens is 266 g/mol. The van der Waals surface area contributed by atoms with E-state index in [1.54, 1.807) is 6.20 Å². The molecule has 2 aromatic carbocycles. The summed E-state index contributed by atoms with van der Waals surface area (Å²) in [5.41, 5.74) is 10.4. The lowest BCUT2D eigenvalue weighted by atomic mass is 10.0. The van der Waals surface area contributed by atoms with Crippen LogP contribution in [-0.4, -0.2) is 0 Å².